The van der Waals surface area contributed by atoms with Crippen LogP contribution in [0.25, 0.3) is 0 Å². The second kappa shape index (κ2) is 7.38. The minimum Gasteiger partial charge on any atom is -0.378 e. The first kappa shape index (κ1) is 18.1. The zero-order valence-electron chi connectivity index (χ0n) is 15.0. The van der Waals surface area contributed by atoms with Crippen molar-refractivity contribution >= 4 is 17.5 Å². The average molecular weight is 384 g/mol. The van der Waals surface area contributed by atoms with Crippen molar-refractivity contribution in [2.75, 3.05) is 0 Å². The summed E-state index contributed by atoms with van der Waals surface area (Å²) in [6, 6.07) is 7.15. The highest BCUT2D eigenvalue weighted by Gasteiger charge is 2.34. The van der Waals surface area contributed by atoms with Crippen molar-refractivity contribution in [3.63, 3.8) is 0 Å². The standard InChI is InChI=1S/C21H22ClN3O2/c22-15-5-1-4-14(12-15)9-11-21(27)10-3-6-16(13-21)23-20(26)19-17-7-2-8-18(17)24-25-19/h1,4-5,12,16,27H,2-3,6-8,10,13H2,(H,23,26)(H,24,25)/t16-,21?/m0/s1. The largest absolute Gasteiger partial charge is 0.378 e. The Bertz CT molecular complexity index is 927. The number of halogens is 1. The molecule has 27 heavy (non-hydrogen) atoms. The van der Waals surface area contributed by atoms with Gasteiger partial charge in [-0.15, -0.1) is 0 Å². The van der Waals surface area contributed by atoms with Crippen LogP contribution in [-0.2, 0) is 12.8 Å². The Morgan fingerprint density at radius 1 is 1.37 bits per heavy atom. The number of nitrogens with one attached hydrogen (secondary N) is 2. The van der Waals surface area contributed by atoms with Crippen LogP contribution in [0.1, 0.15) is 59.4 Å². The van der Waals surface area contributed by atoms with Gasteiger partial charge in [0.05, 0.1) is 0 Å². The van der Waals surface area contributed by atoms with E-state index in [0.29, 0.717) is 23.6 Å². The Kier molecular flexibility index (Phi) is 4.94. The van der Waals surface area contributed by atoms with Crippen LogP contribution in [-0.4, -0.2) is 32.9 Å². The van der Waals surface area contributed by atoms with Crippen LogP contribution in [0, 0.1) is 11.8 Å². The van der Waals surface area contributed by atoms with E-state index in [2.05, 4.69) is 27.4 Å². The van der Waals surface area contributed by atoms with E-state index in [1.165, 1.54) is 0 Å². The normalized spacial score (nSPS) is 24.0. The summed E-state index contributed by atoms with van der Waals surface area (Å²) in [5, 5.41) is 21.7. The molecular weight excluding hydrogens is 362 g/mol. The molecule has 1 aromatic heterocycles. The number of fused-ring (bicyclic) bond motifs is 1. The number of aliphatic hydroxyl groups is 1. The fraction of sp³-hybridized carbons (Fsp3) is 0.429. The molecule has 0 bridgehead atoms. The minimum absolute atomic E-state index is 0.112. The van der Waals surface area contributed by atoms with E-state index < -0.39 is 5.60 Å². The molecule has 0 aliphatic heterocycles. The lowest BCUT2D eigenvalue weighted by Crippen LogP contribution is -2.45. The SMILES string of the molecule is O=C(N[C@H]1CCCC(O)(C#Cc2cccc(Cl)c2)C1)c1n[nH]c2c1CCC2. The number of carbonyl (C=O) groups excluding carboxylic acids is 1. The van der Waals surface area contributed by atoms with Gasteiger partial charge in [0.2, 0.25) is 0 Å². The van der Waals surface area contributed by atoms with Crippen LogP contribution in [0.5, 0.6) is 0 Å². The van der Waals surface area contributed by atoms with Gasteiger partial charge in [-0.25, -0.2) is 0 Å². The van der Waals surface area contributed by atoms with Gasteiger partial charge in [0.1, 0.15) is 5.60 Å². The maximum absolute atomic E-state index is 12.6. The third-order valence-corrected chi connectivity index (χ3v) is 5.58. The smallest absolute Gasteiger partial charge is 0.272 e. The highest BCUT2D eigenvalue weighted by atomic mass is 35.5. The Balaban J connectivity index is 1.44. The fourth-order valence-corrected chi connectivity index (χ4v) is 4.20. The summed E-state index contributed by atoms with van der Waals surface area (Å²) in [6.07, 6.45) is 5.58. The molecule has 5 nitrogen and oxygen atoms in total. The van der Waals surface area contributed by atoms with Crippen molar-refractivity contribution in [2.45, 2.75) is 56.6 Å². The van der Waals surface area contributed by atoms with Crippen molar-refractivity contribution in [1.29, 1.82) is 0 Å². The lowest BCUT2D eigenvalue weighted by Gasteiger charge is -2.33. The van der Waals surface area contributed by atoms with Crippen LogP contribution < -0.4 is 5.32 Å². The van der Waals surface area contributed by atoms with Crippen molar-refractivity contribution in [2.24, 2.45) is 0 Å². The van der Waals surface area contributed by atoms with E-state index >= 15 is 0 Å². The van der Waals surface area contributed by atoms with Crippen LogP contribution in [0.2, 0.25) is 5.02 Å². The first-order valence-electron chi connectivity index (χ1n) is 9.40. The molecule has 1 fully saturated rings. The number of hydrogen-bond donors (Lipinski definition) is 3. The van der Waals surface area contributed by atoms with Gasteiger partial charge in [-0.3, -0.25) is 9.89 Å². The second-order valence-corrected chi connectivity index (χ2v) is 7.88. The summed E-state index contributed by atoms with van der Waals surface area (Å²) in [5.41, 5.74) is 2.29. The molecule has 2 atom stereocenters. The van der Waals surface area contributed by atoms with Gasteiger partial charge in [0, 0.05) is 34.3 Å². The number of H-pyrrole nitrogens is 1. The van der Waals surface area contributed by atoms with Crippen LogP contribution >= 0.6 is 11.6 Å². The van der Waals surface area contributed by atoms with E-state index in [1.807, 2.05) is 12.1 Å². The zero-order valence-corrected chi connectivity index (χ0v) is 15.8. The van der Waals surface area contributed by atoms with Gasteiger partial charge in [-0.05, 0) is 56.7 Å². The van der Waals surface area contributed by atoms with Gasteiger partial charge < -0.3 is 10.4 Å². The van der Waals surface area contributed by atoms with E-state index in [1.54, 1.807) is 12.1 Å². The molecule has 4 rings (SSSR count). The van der Waals surface area contributed by atoms with Gasteiger partial charge in [-0.1, -0.05) is 29.5 Å². The number of aryl methyl sites for hydroxylation is 1. The third-order valence-electron chi connectivity index (χ3n) is 5.35. The van der Waals surface area contributed by atoms with Crippen LogP contribution in [0.15, 0.2) is 24.3 Å². The lowest BCUT2D eigenvalue weighted by atomic mass is 9.82. The number of hydrogen-bond acceptors (Lipinski definition) is 3. The van der Waals surface area contributed by atoms with Gasteiger partial charge >= 0.3 is 0 Å². The predicted octanol–water partition coefficient (Wildman–Crippen LogP) is 3.01. The number of aromatic nitrogens is 2. The predicted molar refractivity (Wildman–Crippen MR) is 104 cm³/mol. The summed E-state index contributed by atoms with van der Waals surface area (Å²) >= 11 is 5.98. The van der Waals surface area contributed by atoms with Crippen molar-refractivity contribution in [3.05, 3.63) is 51.8 Å². The summed E-state index contributed by atoms with van der Waals surface area (Å²) in [5.74, 6) is 5.85. The first-order valence-corrected chi connectivity index (χ1v) is 9.78. The van der Waals surface area contributed by atoms with Gasteiger partial charge in [0.15, 0.2) is 5.69 Å². The maximum Gasteiger partial charge on any atom is 0.272 e. The first-order chi connectivity index (χ1) is 13.0. The molecule has 2 aliphatic rings. The molecular formula is C21H22ClN3O2. The van der Waals surface area contributed by atoms with E-state index in [4.69, 9.17) is 11.6 Å². The summed E-state index contributed by atoms with van der Waals surface area (Å²) < 4.78 is 0. The van der Waals surface area contributed by atoms with E-state index in [0.717, 1.165) is 48.9 Å². The number of amides is 1. The van der Waals surface area contributed by atoms with Crippen LogP contribution in [0.4, 0.5) is 0 Å². The Hall–Kier alpha value is -2.29. The molecule has 1 saturated carbocycles. The Morgan fingerprint density at radius 3 is 3.11 bits per heavy atom. The molecule has 0 spiro atoms. The monoisotopic (exact) mass is 383 g/mol. The number of nitrogens with zero attached hydrogens (tertiary/aromatic N) is 1. The molecule has 1 heterocycles. The van der Waals surface area contributed by atoms with Gasteiger partial charge in [0.25, 0.3) is 5.91 Å². The summed E-state index contributed by atoms with van der Waals surface area (Å²) in [7, 11) is 0. The number of benzene rings is 1. The topological polar surface area (TPSA) is 78.0 Å². The summed E-state index contributed by atoms with van der Waals surface area (Å²) in [4.78, 5) is 12.6. The molecule has 0 saturated heterocycles. The van der Waals surface area contributed by atoms with Crippen molar-refractivity contribution in [1.82, 2.24) is 15.5 Å². The van der Waals surface area contributed by atoms with Crippen LogP contribution in [0.3, 0.4) is 0 Å². The molecule has 2 aromatic rings. The zero-order chi connectivity index (χ0) is 18.9. The summed E-state index contributed by atoms with van der Waals surface area (Å²) in [6.45, 7) is 0. The van der Waals surface area contributed by atoms with E-state index in [-0.39, 0.29) is 11.9 Å². The Morgan fingerprint density at radius 2 is 2.26 bits per heavy atom. The van der Waals surface area contributed by atoms with E-state index in [9.17, 15) is 9.90 Å². The van der Waals surface area contributed by atoms with Crippen molar-refractivity contribution < 1.29 is 9.90 Å². The molecule has 2 aliphatic carbocycles. The molecule has 6 heteroatoms. The highest BCUT2D eigenvalue weighted by molar-refractivity contribution is 6.30. The minimum atomic E-state index is -1.11. The number of rotatable bonds is 2. The maximum atomic E-state index is 12.6. The molecule has 1 aromatic carbocycles. The molecule has 1 amide bonds. The second-order valence-electron chi connectivity index (χ2n) is 7.44. The molecule has 1 unspecified atom stereocenters. The van der Waals surface area contributed by atoms with Crippen molar-refractivity contribution in [3.8, 4) is 11.8 Å². The number of aromatic amines is 1. The van der Waals surface area contributed by atoms with Gasteiger partial charge in [-0.2, -0.15) is 5.10 Å². The molecule has 0 radical (unpaired) electrons. The average Bonchev–Trinajstić information content (AvgIpc) is 3.24. The lowest BCUT2D eigenvalue weighted by molar-refractivity contribution is 0.0451. The fourth-order valence-electron chi connectivity index (χ4n) is 4.00. The molecule has 140 valence electrons. The quantitative estimate of drug-likeness (QED) is 0.697. The third kappa shape index (κ3) is 4.02. The molecule has 3 N–H and O–H groups in total. The highest BCUT2D eigenvalue weighted by Crippen LogP contribution is 2.29. The Labute approximate surface area is 163 Å². The number of carbonyl (C=O) groups is 1.